The van der Waals surface area contributed by atoms with Gasteiger partial charge in [-0.05, 0) is 42.8 Å². The largest absolute Gasteiger partial charge is 0.480 e. The molecule has 0 unspecified atom stereocenters. The van der Waals surface area contributed by atoms with Crippen molar-refractivity contribution in [2.45, 2.75) is 6.92 Å². The van der Waals surface area contributed by atoms with Crippen molar-refractivity contribution in [2.75, 3.05) is 18.5 Å². The van der Waals surface area contributed by atoms with E-state index in [4.69, 9.17) is 21.1 Å². The van der Waals surface area contributed by atoms with Crippen LogP contribution in [0.2, 0.25) is 5.02 Å². The molecule has 0 aromatic heterocycles. The van der Waals surface area contributed by atoms with Crippen molar-refractivity contribution in [3.8, 4) is 5.75 Å². The van der Waals surface area contributed by atoms with Crippen LogP contribution >= 0.6 is 11.6 Å². The highest BCUT2D eigenvalue weighted by atomic mass is 35.5. The number of hydrogen-bond acceptors (Lipinski definition) is 4. The molecule has 0 fully saturated rings. The fourth-order valence-electron chi connectivity index (χ4n) is 1.81. The fourth-order valence-corrected chi connectivity index (χ4v) is 1.98. The number of benzene rings is 2. The van der Waals surface area contributed by atoms with Gasteiger partial charge < -0.3 is 14.8 Å². The Morgan fingerprint density at radius 1 is 1.17 bits per heavy atom. The number of ether oxygens (including phenoxy) is 2. The van der Waals surface area contributed by atoms with Gasteiger partial charge in [-0.15, -0.1) is 0 Å². The van der Waals surface area contributed by atoms with Crippen LogP contribution in [0.1, 0.15) is 5.56 Å². The van der Waals surface area contributed by atoms with E-state index in [2.05, 4.69) is 5.32 Å². The molecule has 2 rings (SSSR count). The second kappa shape index (κ2) is 8.31. The zero-order valence-corrected chi connectivity index (χ0v) is 13.6. The van der Waals surface area contributed by atoms with Gasteiger partial charge in [0.1, 0.15) is 11.6 Å². The van der Waals surface area contributed by atoms with Crippen LogP contribution in [0.3, 0.4) is 0 Å². The minimum atomic E-state index is -0.720. The first-order valence-electron chi connectivity index (χ1n) is 7.04. The predicted molar refractivity (Wildman–Crippen MR) is 87.7 cm³/mol. The Bertz CT molecular complexity index is 751. The van der Waals surface area contributed by atoms with Gasteiger partial charge in [0.15, 0.2) is 13.2 Å². The van der Waals surface area contributed by atoms with Gasteiger partial charge in [0.2, 0.25) is 0 Å². The second-order valence-corrected chi connectivity index (χ2v) is 5.35. The standard InChI is InChI=1S/C17H15ClFNO4/c1-11-5-6-14(18)15(7-11)23-10-17(22)24-9-16(21)20-13-4-2-3-12(19)8-13/h2-8H,9-10H2,1H3,(H,20,21). The van der Waals surface area contributed by atoms with E-state index in [1.54, 1.807) is 12.1 Å². The van der Waals surface area contributed by atoms with Gasteiger partial charge in [-0.25, -0.2) is 9.18 Å². The number of carbonyl (C=O) groups excluding carboxylic acids is 2. The summed E-state index contributed by atoms with van der Waals surface area (Å²) < 4.78 is 23.0. The summed E-state index contributed by atoms with van der Waals surface area (Å²) >= 11 is 5.94. The van der Waals surface area contributed by atoms with Crippen molar-refractivity contribution in [3.63, 3.8) is 0 Å². The third-order valence-corrected chi connectivity index (χ3v) is 3.22. The van der Waals surface area contributed by atoms with Crippen molar-refractivity contribution in [2.24, 2.45) is 0 Å². The van der Waals surface area contributed by atoms with E-state index >= 15 is 0 Å². The summed E-state index contributed by atoms with van der Waals surface area (Å²) in [6.07, 6.45) is 0. The molecule has 7 heteroatoms. The first-order valence-corrected chi connectivity index (χ1v) is 7.42. The Labute approximate surface area is 143 Å². The van der Waals surface area contributed by atoms with Crippen LogP contribution in [0.25, 0.3) is 0 Å². The number of aryl methyl sites for hydroxylation is 1. The van der Waals surface area contributed by atoms with Crippen LogP contribution in [0.5, 0.6) is 5.75 Å². The van der Waals surface area contributed by atoms with Crippen molar-refractivity contribution in [1.82, 2.24) is 0 Å². The number of nitrogens with one attached hydrogen (secondary N) is 1. The van der Waals surface area contributed by atoms with Crippen LogP contribution in [0, 0.1) is 12.7 Å². The normalized spacial score (nSPS) is 10.1. The summed E-state index contributed by atoms with van der Waals surface area (Å²) in [6.45, 7) is 0.981. The average molecular weight is 352 g/mol. The molecular weight excluding hydrogens is 337 g/mol. The van der Waals surface area contributed by atoms with Crippen LogP contribution in [0.15, 0.2) is 42.5 Å². The summed E-state index contributed by atoms with van der Waals surface area (Å²) in [5.74, 6) is -1.42. The van der Waals surface area contributed by atoms with E-state index < -0.39 is 24.3 Å². The van der Waals surface area contributed by atoms with Crippen LogP contribution in [-0.4, -0.2) is 25.1 Å². The van der Waals surface area contributed by atoms with Gasteiger partial charge in [0, 0.05) is 5.69 Å². The fraction of sp³-hybridized carbons (Fsp3) is 0.176. The molecule has 0 aliphatic carbocycles. The SMILES string of the molecule is Cc1ccc(Cl)c(OCC(=O)OCC(=O)Nc2cccc(F)c2)c1. The number of esters is 1. The lowest BCUT2D eigenvalue weighted by atomic mass is 10.2. The molecule has 0 spiro atoms. The maximum absolute atomic E-state index is 13.0. The summed E-state index contributed by atoms with van der Waals surface area (Å²) in [5, 5.41) is 2.78. The average Bonchev–Trinajstić information content (AvgIpc) is 2.54. The molecule has 0 saturated carbocycles. The Balaban J connectivity index is 1.76. The highest BCUT2D eigenvalue weighted by Crippen LogP contribution is 2.25. The molecule has 0 atom stereocenters. The number of halogens is 2. The number of carbonyl (C=O) groups is 2. The zero-order chi connectivity index (χ0) is 17.5. The molecule has 24 heavy (non-hydrogen) atoms. The first-order chi connectivity index (χ1) is 11.4. The van der Waals surface area contributed by atoms with Gasteiger partial charge in [-0.1, -0.05) is 23.7 Å². The summed E-state index contributed by atoms with van der Waals surface area (Å²) in [7, 11) is 0. The van der Waals surface area contributed by atoms with E-state index in [1.807, 2.05) is 13.0 Å². The molecule has 2 aromatic carbocycles. The zero-order valence-electron chi connectivity index (χ0n) is 12.8. The Hall–Kier alpha value is -2.60. The Morgan fingerprint density at radius 2 is 1.96 bits per heavy atom. The van der Waals surface area contributed by atoms with E-state index in [1.165, 1.54) is 18.2 Å². The lowest BCUT2D eigenvalue weighted by molar-refractivity contribution is -0.149. The summed E-state index contributed by atoms with van der Waals surface area (Å²) in [5.41, 5.74) is 1.20. The molecule has 0 radical (unpaired) electrons. The van der Waals surface area contributed by atoms with Crippen molar-refractivity contribution >= 4 is 29.2 Å². The Kier molecular flexibility index (Phi) is 6.14. The minimum Gasteiger partial charge on any atom is -0.480 e. The minimum absolute atomic E-state index is 0.277. The maximum Gasteiger partial charge on any atom is 0.344 e. The van der Waals surface area contributed by atoms with Gasteiger partial charge in [0.05, 0.1) is 5.02 Å². The highest BCUT2D eigenvalue weighted by Gasteiger charge is 2.10. The van der Waals surface area contributed by atoms with Gasteiger partial charge in [0.25, 0.3) is 5.91 Å². The monoisotopic (exact) mass is 351 g/mol. The number of hydrogen-bond donors (Lipinski definition) is 1. The highest BCUT2D eigenvalue weighted by molar-refractivity contribution is 6.32. The van der Waals surface area contributed by atoms with E-state index in [-0.39, 0.29) is 12.3 Å². The van der Waals surface area contributed by atoms with Crippen molar-refractivity contribution in [1.29, 1.82) is 0 Å². The maximum atomic E-state index is 13.0. The van der Waals surface area contributed by atoms with Gasteiger partial charge in [-0.2, -0.15) is 0 Å². The smallest absolute Gasteiger partial charge is 0.344 e. The summed E-state index contributed by atoms with van der Waals surface area (Å²) in [4.78, 5) is 23.2. The van der Waals surface area contributed by atoms with Crippen molar-refractivity contribution < 1.29 is 23.5 Å². The van der Waals surface area contributed by atoms with Crippen molar-refractivity contribution in [3.05, 3.63) is 58.9 Å². The molecule has 0 bridgehead atoms. The molecule has 0 saturated heterocycles. The first kappa shape index (κ1) is 17.7. The molecule has 1 N–H and O–H groups in total. The van der Waals surface area contributed by atoms with E-state index in [0.717, 1.165) is 11.6 Å². The third kappa shape index (κ3) is 5.55. The lowest BCUT2D eigenvalue weighted by Crippen LogP contribution is -2.23. The van der Waals surface area contributed by atoms with Crippen LogP contribution in [-0.2, 0) is 14.3 Å². The number of anilines is 1. The molecule has 5 nitrogen and oxygen atoms in total. The quantitative estimate of drug-likeness (QED) is 0.811. The van der Waals surface area contributed by atoms with Crippen LogP contribution in [0.4, 0.5) is 10.1 Å². The second-order valence-electron chi connectivity index (χ2n) is 4.94. The summed E-state index contributed by atoms with van der Waals surface area (Å²) in [6, 6.07) is 10.5. The van der Waals surface area contributed by atoms with E-state index in [9.17, 15) is 14.0 Å². The number of rotatable bonds is 6. The lowest BCUT2D eigenvalue weighted by Gasteiger charge is -2.09. The topological polar surface area (TPSA) is 64.6 Å². The van der Waals surface area contributed by atoms with Crippen LogP contribution < -0.4 is 10.1 Å². The number of amides is 1. The molecule has 0 heterocycles. The molecule has 1 amide bonds. The third-order valence-electron chi connectivity index (χ3n) is 2.90. The molecule has 0 aliphatic rings. The molecule has 126 valence electrons. The predicted octanol–water partition coefficient (Wildman–Crippen LogP) is 3.35. The molecule has 0 aliphatic heterocycles. The molecule has 2 aromatic rings. The van der Waals surface area contributed by atoms with Gasteiger partial charge >= 0.3 is 5.97 Å². The molecular formula is C17H15ClFNO4. The van der Waals surface area contributed by atoms with E-state index in [0.29, 0.717) is 10.8 Å². The Morgan fingerprint density at radius 3 is 2.71 bits per heavy atom. The van der Waals surface area contributed by atoms with Gasteiger partial charge in [-0.3, -0.25) is 4.79 Å².